The first-order valence-corrected chi connectivity index (χ1v) is 22.8. The number of nitrogens with one attached hydrogen (secondary N) is 3. The second-order valence-corrected chi connectivity index (χ2v) is 16.8. The fourth-order valence-electron chi connectivity index (χ4n) is 6.37. The van der Waals surface area contributed by atoms with Gasteiger partial charge in [-0.15, -0.1) is 0 Å². The zero-order valence-electron chi connectivity index (χ0n) is 34.5. The molecule has 0 spiro atoms. The van der Waals surface area contributed by atoms with Gasteiger partial charge in [-0.05, 0) is 65.6 Å². The first-order chi connectivity index (χ1) is 30.8. The normalized spacial score (nSPS) is 11.7. The van der Waals surface area contributed by atoms with Crippen LogP contribution >= 0.6 is 0 Å². The van der Waals surface area contributed by atoms with Crippen molar-refractivity contribution in [1.82, 2.24) is 29.9 Å². The Morgan fingerprint density at radius 1 is 0.531 bits per heavy atom. The van der Waals surface area contributed by atoms with E-state index in [1.807, 2.05) is 55.5 Å². The van der Waals surface area contributed by atoms with Crippen LogP contribution in [0.1, 0.15) is 35.9 Å². The zero-order valence-corrected chi connectivity index (χ0v) is 36.2. The van der Waals surface area contributed by atoms with E-state index < -0.39 is 30.0 Å². The zero-order chi connectivity index (χ0) is 45.7. The number of benzene rings is 4. The number of aliphatic hydroxyl groups excluding tert-OH is 3. The van der Waals surface area contributed by atoms with E-state index in [-0.39, 0.29) is 98.3 Å². The van der Waals surface area contributed by atoms with Gasteiger partial charge >= 0.3 is 0 Å². The quantitative estimate of drug-likeness (QED) is 0.0343. The van der Waals surface area contributed by atoms with Crippen LogP contribution in [-0.2, 0) is 26.7 Å². The summed E-state index contributed by atoms with van der Waals surface area (Å²) in [4.78, 5) is 29.3. The number of aromatic nitrogens is 6. The SMILES string of the molecule is CCCN(CCO)c1nc(Nc2ccccc2)nc(Nc2ccc(/C=C/c3ccc(Cc4nc(Nc5ccccc5)nc(N(CCO)CCO)n4)cc3S(=O)(=O)O)c(S(=O)(=O)O)c2)n1. The highest BCUT2D eigenvalue weighted by atomic mass is 32.2. The average Bonchev–Trinajstić information content (AvgIpc) is 3.26. The van der Waals surface area contributed by atoms with Crippen LogP contribution < -0.4 is 25.8 Å². The number of hydrogen-bond acceptors (Lipinski definition) is 18. The van der Waals surface area contributed by atoms with Crippen molar-refractivity contribution in [2.45, 2.75) is 29.6 Å². The summed E-state index contributed by atoms with van der Waals surface area (Å²) >= 11 is 0. The van der Waals surface area contributed by atoms with Gasteiger partial charge < -0.3 is 41.1 Å². The lowest BCUT2D eigenvalue weighted by molar-refractivity contribution is 0.280. The summed E-state index contributed by atoms with van der Waals surface area (Å²) in [7, 11) is -9.73. The lowest BCUT2D eigenvalue weighted by atomic mass is 10.1. The molecule has 0 aliphatic rings. The van der Waals surface area contributed by atoms with E-state index in [9.17, 15) is 41.3 Å². The lowest BCUT2D eigenvalue weighted by Crippen LogP contribution is -2.32. The Bertz CT molecular complexity index is 2570. The molecule has 6 aromatic rings. The number of aliphatic hydroxyl groups is 3. The topological polar surface area (TPSA) is 289 Å². The Morgan fingerprint density at radius 3 is 1.48 bits per heavy atom. The Morgan fingerprint density at radius 2 is 0.984 bits per heavy atom. The number of anilines is 8. The van der Waals surface area contributed by atoms with E-state index in [0.717, 1.165) is 12.5 Å². The van der Waals surface area contributed by atoms with Crippen molar-refractivity contribution in [1.29, 1.82) is 0 Å². The summed E-state index contributed by atoms with van der Waals surface area (Å²) in [5, 5.41) is 38.2. The Labute approximate surface area is 370 Å². The van der Waals surface area contributed by atoms with Gasteiger partial charge in [-0.2, -0.15) is 46.7 Å². The first-order valence-electron chi connectivity index (χ1n) is 19.9. The average molecular weight is 914 g/mol. The second kappa shape index (κ2) is 21.6. The van der Waals surface area contributed by atoms with Crippen molar-refractivity contribution in [3.63, 3.8) is 0 Å². The molecule has 336 valence electrons. The van der Waals surface area contributed by atoms with Crippen molar-refractivity contribution in [2.75, 3.05) is 71.7 Å². The largest absolute Gasteiger partial charge is 0.395 e. The van der Waals surface area contributed by atoms with Crippen LogP contribution in [0.25, 0.3) is 12.2 Å². The van der Waals surface area contributed by atoms with E-state index in [4.69, 9.17) is 0 Å². The molecule has 0 saturated heterocycles. The third-order valence-corrected chi connectivity index (χ3v) is 11.0. The van der Waals surface area contributed by atoms with Crippen molar-refractivity contribution in [2.24, 2.45) is 0 Å². The maximum Gasteiger partial charge on any atom is 0.295 e. The van der Waals surface area contributed by atoms with Gasteiger partial charge in [0.15, 0.2) is 0 Å². The van der Waals surface area contributed by atoms with Crippen molar-refractivity contribution in [3.05, 3.63) is 120 Å². The molecule has 0 amide bonds. The van der Waals surface area contributed by atoms with Crippen LogP contribution in [0.3, 0.4) is 0 Å². The van der Waals surface area contributed by atoms with Crippen LogP contribution in [0.5, 0.6) is 0 Å². The molecular weight excluding hydrogens is 867 g/mol. The molecule has 0 bridgehead atoms. The van der Waals surface area contributed by atoms with Gasteiger partial charge in [-0.3, -0.25) is 9.11 Å². The number of nitrogens with zero attached hydrogens (tertiary/aromatic N) is 8. The minimum atomic E-state index is -4.87. The smallest absolute Gasteiger partial charge is 0.295 e. The molecule has 0 saturated carbocycles. The molecule has 20 nitrogen and oxygen atoms in total. The molecule has 2 heterocycles. The highest BCUT2D eigenvalue weighted by Gasteiger charge is 2.21. The summed E-state index contributed by atoms with van der Waals surface area (Å²) in [5.41, 5.74) is 1.87. The summed E-state index contributed by atoms with van der Waals surface area (Å²) in [6, 6.07) is 26.4. The van der Waals surface area contributed by atoms with E-state index in [1.165, 1.54) is 36.4 Å². The van der Waals surface area contributed by atoms with E-state index in [2.05, 4.69) is 45.9 Å². The minimum absolute atomic E-state index is 0.00903. The second-order valence-electron chi connectivity index (χ2n) is 14.0. The van der Waals surface area contributed by atoms with Gasteiger partial charge in [0.1, 0.15) is 15.6 Å². The molecule has 0 aliphatic carbocycles. The van der Waals surface area contributed by atoms with Crippen molar-refractivity contribution < 1.29 is 41.3 Å². The Balaban J connectivity index is 1.31. The molecule has 0 fully saturated rings. The first kappa shape index (κ1) is 46.8. The third-order valence-electron chi connectivity index (χ3n) is 9.23. The molecule has 0 unspecified atom stereocenters. The molecule has 6 rings (SSSR count). The van der Waals surface area contributed by atoms with Gasteiger partial charge in [0.25, 0.3) is 20.2 Å². The molecule has 22 heteroatoms. The molecule has 0 radical (unpaired) electrons. The summed E-state index contributed by atoms with van der Waals surface area (Å²) in [5.74, 6) is 0.926. The molecule has 8 N–H and O–H groups in total. The standard InChI is InChI=1S/C42H47N11O9S2/c1-2-19-52(20-23-54)42-50-39(44-33-11-7-4-8-12-33)48-40(51-42)45-34-18-17-31(36(28-34)64(60,61)62)16-15-30-14-13-29(26-35(30)63(57,58)59)27-37-46-38(43-32-9-5-3-6-10-32)49-41(47-37)53(21-24-55)22-25-56/h3-18,26,28,54-56H,2,19-25,27H2,1H3,(H,57,58,59)(H,60,61,62)(H,43,46,47,49)(H2,44,45,48,50,51)/b16-15+. The van der Waals surface area contributed by atoms with Gasteiger partial charge in [-0.1, -0.05) is 73.7 Å². The summed E-state index contributed by atoms with van der Waals surface area (Å²) in [6.07, 6.45) is 3.24. The predicted octanol–water partition coefficient (Wildman–Crippen LogP) is 4.54. The van der Waals surface area contributed by atoms with Gasteiger partial charge in [0.2, 0.25) is 29.7 Å². The van der Waals surface area contributed by atoms with Crippen LogP contribution in [0.4, 0.5) is 46.8 Å². The van der Waals surface area contributed by atoms with E-state index in [1.54, 1.807) is 28.0 Å². The summed E-state index contributed by atoms with van der Waals surface area (Å²) in [6.45, 7) is 2.29. The lowest BCUT2D eigenvalue weighted by Gasteiger charge is -2.22. The maximum absolute atomic E-state index is 12.8. The highest BCUT2D eigenvalue weighted by Crippen LogP contribution is 2.28. The van der Waals surface area contributed by atoms with Crippen LogP contribution in [0.15, 0.2) is 107 Å². The maximum atomic E-state index is 12.8. The monoisotopic (exact) mass is 913 g/mol. The summed E-state index contributed by atoms with van der Waals surface area (Å²) < 4.78 is 71.7. The Kier molecular flexibility index (Phi) is 15.8. The number of hydrogen-bond donors (Lipinski definition) is 8. The van der Waals surface area contributed by atoms with Crippen LogP contribution in [0.2, 0.25) is 0 Å². The number of rotatable bonds is 22. The molecule has 4 aromatic carbocycles. The van der Waals surface area contributed by atoms with Gasteiger partial charge in [0, 0.05) is 49.7 Å². The van der Waals surface area contributed by atoms with Crippen LogP contribution in [-0.4, -0.2) is 117 Å². The molecule has 64 heavy (non-hydrogen) atoms. The van der Waals surface area contributed by atoms with E-state index >= 15 is 0 Å². The van der Waals surface area contributed by atoms with Crippen LogP contribution in [0, 0.1) is 0 Å². The van der Waals surface area contributed by atoms with Crippen molar-refractivity contribution >= 4 is 79.2 Å². The van der Waals surface area contributed by atoms with E-state index in [0.29, 0.717) is 23.5 Å². The third kappa shape index (κ3) is 12.9. The fraction of sp³-hybridized carbons (Fsp3) is 0.238. The van der Waals surface area contributed by atoms with Gasteiger partial charge in [0.05, 0.1) is 19.8 Å². The fourth-order valence-corrected chi connectivity index (χ4v) is 7.82. The van der Waals surface area contributed by atoms with Crippen molar-refractivity contribution in [3.8, 4) is 0 Å². The minimum Gasteiger partial charge on any atom is -0.395 e. The Hall–Kier alpha value is -6.66. The molecule has 0 aliphatic heterocycles. The molecule has 2 aromatic heterocycles. The molecule has 0 atom stereocenters. The number of para-hydroxylation sites is 2. The predicted molar refractivity (Wildman–Crippen MR) is 243 cm³/mol. The molecular formula is C42H47N11O9S2. The highest BCUT2D eigenvalue weighted by molar-refractivity contribution is 7.86. The van der Waals surface area contributed by atoms with Gasteiger partial charge in [-0.25, -0.2) is 0 Å².